The van der Waals surface area contributed by atoms with Gasteiger partial charge in [0.15, 0.2) is 0 Å². The summed E-state index contributed by atoms with van der Waals surface area (Å²) in [4.78, 5) is 0. The average molecular weight is 333 g/mol. The lowest BCUT2D eigenvalue weighted by Crippen LogP contribution is -2.23. The lowest BCUT2D eigenvalue weighted by Gasteiger charge is -2.21. The van der Waals surface area contributed by atoms with Gasteiger partial charge < -0.3 is 5.32 Å². The van der Waals surface area contributed by atoms with Gasteiger partial charge in [0.25, 0.3) is 0 Å². The summed E-state index contributed by atoms with van der Waals surface area (Å²) in [5, 5.41) is 4.46. The smallest absolute Gasteiger partial charge is 0.0454 e. The molecule has 0 spiro atoms. The largest absolute Gasteiger partial charge is 0.310 e. The van der Waals surface area contributed by atoms with Gasteiger partial charge >= 0.3 is 0 Å². The minimum absolute atomic E-state index is 0.359. The first-order chi connectivity index (χ1) is 8.54. The molecule has 0 amide bonds. The Morgan fingerprint density at radius 1 is 1.28 bits per heavy atom. The molecule has 1 atom stereocenters. The zero-order valence-corrected chi connectivity index (χ0v) is 13.8. The maximum absolute atomic E-state index is 6.32. The third-order valence-electron chi connectivity index (χ3n) is 3.01. The van der Waals surface area contributed by atoms with Gasteiger partial charge in [-0.1, -0.05) is 48.3 Å². The highest BCUT2D eigenvalue weighted by Crippen LogP contribution is 2.30. The van der Waals surface area contributed by atoms with Crippen molar-refractivity contribution in [2.45, 2.75) is 46.1 Å². The molecule has 0 aliphatic heterocycles. The molecular weight excluding hydrogens is 310 g/mol. The Hall–Kier alpha value is -0.0500. The third kappa shape index (κ3) is 5.29. The highest BCUT2D eigenvalue weighted by molar-refractivity contribution is 9.10. The first-order valence-electron chi connectivity index (χ1n) is 6.73. The molecule has 0 saturated carbocycles. The molecule has 0 aliphatic rings. The molecule has 102 valence electrons. The molecule has 0 saturated heterocycles. The van der Waals surface area contributed by atoms with Crippen LogP contribution in [0.2, 0.25) is 5.02 Å². The van der Waals surface area contributed by atoms with Crippen LogP contribution in [0.15, 0.2) is 22.7 Å². The fourth-order valence-electron chi connectivity index (χ4n) is 1.97. The molecule has 0 radical (unpaired) electrons. The minimum atomic E-state index is 0.359. The van der Waals surface area contributed by atoms with Gasteiger partial charge in [0.05, 0.1) is 0 Å². The quantitative estimate of drug-likeness (QED) is 0.687. The number of halogens is 2. The van der Waals surface area contributed by atoms with Crippen molar-refractivity contribution in [2.24, 2.45) is 5.92 Å². The first-order valence-corrected chi connectivity index (χ1v) is 7.90. The number of benzene rings is 1. The summed E-state index contributed by atoms with van der Waals surface area (Å²) in [5.74, 6) is 0.724. The van der Waals surface area contributed by atoms with Crippen LogP contribution in [0.4, 0.5) is 0 Å². The summed E-state index contributed by atoms with van der Waals surface area (Å²) < 4.78 is 1.09. The Kier molecular flexibility index (Phi) is 7.28. The van der Waals surface area contributed by atoms with Crippen LogP contribution in [0.5, 0.6) is 0 Å². The topological polar surface area (TPSA) is 12.0 Å². The zero-order chi connectivity index (χ0) is 13.5. The van der Waals surface area contributed by atoms with Crippen LogP contribution < -0.4 is 5.32 Å². The molecule has 0 bridgehead atoms. The van der Waals surface area contributed by atoms with Crippen molar-refractivity contribution in [3.8, 4) is 0 Å². The Balaban J connectivity index is 2.82. The molecule has 1 aromatic rings. The lowest BCUT2D eigenvalue weighted by atomic mass is 9.97. The van der Waals surface area contributed by atoms with E-state index in [0.717, 1.165) is 34.8 Å². The highest BCUT2D eigenvalue weighted by atomic mass is 79.9. The van der Waals surface area contributed by atoms with E-state index in [0.29, 0.717) is 6.04 Å². The van der Waals surface area contributed by atoms with Crippen molar-refractivity contribution < 1.29 is 0 Å². The number of rotatable bonds is 7. The molecule has 1 nitrogen and oxygen atoms in total. The molecule has 0 heterocycles. The van der Waals surface area contributed by atoms with Crippen molar-refractivity contribution in [3.05, 3.63) is 33.3 Å². The molecule has 1 unspecified atom stereocenters. The minimum Gasteiger partial charge on any atom is -0.310 e. The normalized spacial score (nSPS) is 13.0. The Labute approximate surface area is 124 Å². The predicted molar refractivity (Wildman–Crippen MR) is 84.3 cm³/mol. The molecule has 1 rings (SSSR count). The summed E-state index contributed by atoms with van der Waals surface area (Å²) in [5.41, 5.74) is 1.21. The van der Waals surface area contributed by atoms with Crippen molar-refractivity contribution in [1.29, 1.82) is 0 Å². The maximum atomic E-state index is 6.32. The molecule has 1 N–H and O–H groups in total. The van der Waals surface area contributed by atoms with E-state index in [9.17, 15) is 0 Å². The maximum Gasteiger partial charge on any atom is 0.0454 e. The van der Waals surface area contributed by atoms with E-state index < -0.39 is 0 Å². The van der Waals surface area contributed by atoms with Gasteiger partial charge in [-0.25, -0.2) is 0 Å². The van der Waals surface area contributed by atoms with Crippen LogP contribution >= 0.6 is 27.5 Å². The van der Waals surface area contributed by atoms with Crippen molar-refractivity contribution in [3.63, 3.8) is 0 Å². The second kappa shape index (κ2) is 8.19. The van der Waals surface area contributed by atoms with E-state index in [4.69, 9.17) is 11.6 Å². The van der Waals surface area contributed by atoms with Gasteiger partial charge in [0.2, 0.25) is 0 Å². The Morgan fingerprint density at radius 3 is 2.61 bits per heavy atom. The van der Waals surface area contributed by atoms with Crippen LogP contribution in [0.1, 0.15) is 51.6 Å². The third-order valence-corrected chi connectivity index (χ3v) is 3.84. The van der Waals surface area contributed by atoms with Crippen LogP contribution in [0.25, 0.3) is 0 Å². The van der Waals surface area contributed by atoms with Crippen molar-refractivity contribution in [1.82, 2.24) is 5.32 Å². The second-order valence-electron chi connectivity index (χ2n) is 5.14. The zero-order valence-electron chi connectivity index (χ0n) is 11.5. The van der Waals surface area contributed by atoms with E-state index in [1.807, 2.05) is 12.1 Å². The van der Waals surface area contributed by atoms with Crippen LogP contribution in [0, 0.1) is 5.92 Å². The summed E-state index contributed by atoms with van der Waals surface area (Å²) in [7, 11) is 0. The number of hydrogen-bond acceptors (Lipinski definition) is 1. The molecule has 0 fully saturated rings. The predicted octanol–water partition coefficient (Wildman–Crippen LogP) is 5.58. The fraction of sp³-hybridized carbons (Fsp3) is 0.600. The molecule has 1 aromatic carbocycles. The van der Waals surface area contributed by atoms with E-state index >= 15 is 0 Å². The Morgan fingerprint density at radius 2 is 2.00 bits per heavy atom. The summed E-state index contributed by atoms with van der Waals surface area (Å²) in [6.45, 7) is 7.75. The van der Waals surface area contributed by atoms with Gasteiger partial charge in [-0.05, 0) is 55.5 Å². The lowest BCUT2D eigenvalue weighted by molar-refractivity contribution is 0.440. The molecule has 18 heavy (non-hydrogen) atoms. The van der Waals surface area contributed by atoms with Gasteiger partial charge in [-0.15, -0.1) is 0 Å². The number of nitrogens with one attached hydrogen (secondary N) is 1. The van der Waals surface area contributed by atoms with Gasteiger partial charge in [-0.2, -0.15) is 0 Å². The van der Waals surface area contributed by atoms with Crippen molar-refractivity contribution in [2.75, 3.05) is 6.54 Å². The Bertz CT molecular complexity index is 366. The van der Waals surface area contributed by atoms with Gasteiger partial charge in [-0.3, -0.25) is 0 Å². The van der Waals surface area contributed by atoms with E-state index in [1.54, 1.807) is 0 Å². The molecular formula is C15H23BrClN. The standard InChI is InChI=1S/C15H23BrClN/c1-4-9-18-15(8-5-11(2)3)13-10-12(16)6-7-14(13)17/h6-7,10-11,15,18H,4-5,8-9H2,1-3H3. The molecule has 0 aliphatic carbocycles. The van der Waals surface area contributed by atoms with E-state index in [1.165, 1.54) is 12.0 Å². The van der Waals surface area contributed by atoms with E-state index in [-0.39, 0.29) is 0 Å². The van der Waals surface area contributed by atoms with Crippen LogP contribution in [-0.2, 0) is 0 Å². The second-order valence-corrected chi connectivity index (χ2v) is 6.47. The van der Waals surface area contributed by atoms with Gasteiger partial charge in [0.1, 0.15) is 0 Å². The first kappa shape index (κ1) is 16.0. The average Bonchev–Trinajstić information content (AvgIpc) is 2.32. The van der Waals surface area contributed by atoms with Crippen molar-refractivity contribution >= 4 is 27.5 Å². The SMILES string of the molecule is CCCNC(CCC(C)C)c1cc(Br)ccc1Cl. The van der Waals surface area contributed by atoms with Gasteiger partial charge in [0, 0.05) is 15.5 Å². The van der Waals surface area contributed by atoms with Crippen LogP contribution in [0.3, 0.4) is 0 Å². The molecule has 0 aromatic heterocycles. The van der Waals surface area contributed by atoms with Crippen LogP contribution in [-0.4, -0.2) is 6.54 Å². The number of hydrogen-bond donors (Lipinski definition) is 1. The molecule has 3 heteroatoms. The fourth-order valence-corrected chi connectivity index (χ4v) is 2.60. The summed E-state index contributed by atoms with van der Waals surface area (Å²) in [6.07, 6.45) is 3.49. The van der Waals surface area contributed by atoms with E-state index in [2.05, 4.69) is 48.1 Å². The summed E-state index contributed by atoms with van der Waals surface area (Å²) >= 11 is 9.85. The monoisotopic (exact) mass is 331 g/mol. The summed E-state index contributed by atoms with van der Waals surface area (Å²) in [6, 6.07) is 6.45. The highest BCUT2D eigenvalue weighted by Gasteiger charge is 2.14.